The zero-order valence-corrected chi connectivity index (χ0v) is 16.9. The summed E-state index contributed by atoms with van der Waals surface area (Å²) in [6, 6.07) is 14.4. The number of hydrazine groups is 1. The number of benzene rings is 2. The highest BCUT2D eigenvalue weighted by Gasteiger charge is 2.18. The smallest absolute Gasteiger partial charge is 0.269 e. The number of carbonyl (C=O) groups excluding carboxylic acids is 2. The van der Waals surface area contributed by atoms with E-state index in [4.69, 9.17) is 35.4 Å². The first-order chi connectivity index (χ1) is 12.9. The van der Waals surface area contributed by atoms with Crippen molar-refractivity contribution in [2.45, 2.75) is 6.42 Å². The second kappa shape index (κ2) is 8.67. The van der Waals surface area contributed by atoms with E-state index in [2.05, 4.69) is 16.2 Å². The van der Waals surface area contributed by atoms with Gasteiger partial charge in [0.15, 0.2) is 5.11 Å². The van der Waals surface area contributed by atoms with E-state index in [1.165, 1.54) is 11.3 Å². The highest BCUT2D eigenvalue weighted by Crippen LogP contribution is 2.34. The molecule has 0 saturated carbocycles. The van der Waals surface area contributed by atoms with Crippen LogP contribution in [0.15, 0.2) is 48.5 Å². The van der Waals surface area contributed by atoms with Gasteiger partial charge < -0.3 is 0 Å². The Kier molecular flexibility index (Phi) is 6.28. The number of amides is 2. The Balaban J connectivity index is 1.53. The van der Waals surface area contributed by atoms with Gasteiger partial charge in [-0.3, -0.25) is 25.8 Å². The van der Waals surface area contributed by atoms with E-state index in [0.29, 0.717) is 14.9 Å². The summed E-state index contributed by atoms with van der Waals surface area (Å²) in [5, 5.41) is 4.26. The van der Waals surface area contributed by atoms with Gasteiger partial charge in [-0.2, -0.15) is 0 Å². The summed E-state index contributed by atoms with van der Waals surface area (Å²) < 4.78 is 0.905. The Morgan fingerprint density at radius 3 is 2.41 bits per heavy atom. The van der Waals surface area contributed by atoms with Gasteiger partial charge in [0, 0.05) is 15.1 Å². The molecule has 0 aliphatic carbocycles. The third-order valence-electron chi connectivity index (χ3n) is 3.56. The second-order valence-corrected chi connectivity index (χ2v) is 7.78. The first-order valence-corrected chi connectivity index (χ1v) is 9.74. The van der Waals surface area contributed by atoms with Crippen molar-refractivity contribution >= 4 is 73.8 Å². The van der Waals surface area contributed by atoms with Crippen LogP contribution < -0.4 is 16.2 Å². The number of rotatable bonds is 3. The zero-order chi connectivity index (χ0) is 19.4. The van der Waals surface area contributed by atoms with Crippen LogP contribution in [0.1, 0.15) is 15.2 Å². The van der Waals surface area contributed by atoms with Crippen molar-refractivity contribution in [2.75, 3.05) is 0 Å². The lowest BCUT2D eigenvalue weighted by Crippen LogP contribution is -2.48. The Morgan fingerprint density at radius 2 is 1.70 bits per heavy atom. The van der Waals surface area contributed by atoms with Crippen LogP contribution in [-0.2, 0) is 11.2 Å². The maximum atomic E-state index is 12.4. The highest BCUT2D eigenvalue weighted by atomic mass is 35.5. The lowest BCUT2D eigenvalue weighted by molar-refractivity contribution is -0.121. The molecule has 0 aliphatic rings. The number of hydrogen-bond donors (Lipinski definition) is 3. The molecule has 3 N–H and O–H groups in total. The van der Waals surface area contributed by atoms with Crippen molar-refractivity contribution in [3.8, 4) is 0 Å². The van der Waals surface area contributed by atoms with Gasteiger partial charge in [-0.15, -0.1) is 11.3 Å². The summed E-state index contributed by atoms with van der Waals surface area (Å²) in [6.07, 6.45) is 0.142. The molecular formula is C18H13Cl2N3O2S2. The Hall–Kier alpha value is -2.19. The zero-order valence-electron chi connectivity index (χ0n) is 13.7. The van der Waals surface area contributed by atoms with E-state index in [1.807, 2.05) is 24.3 Å². The van der Waals surface area contributed by atoms with Gasteiger partial charge in [-0.05, 0) is 36.0 Å². The summed E-state index contributed by atoms with van der Waals surface area (Å²) in [6.45, 7) is 0. The predicted molar refractivity (Wildman–Crippen MR) is 113 cm³/mol. The van der Waals surface area contributed by atoms with Crippen molar-refractivity contribution in [3.05, 3.63) is 69.0 Å². The summed E-state index contributed by atoms with van der Waals surface area (Å²) in [5.74, 6) is -0.750. The van der Waals surface area contributed by atoms with Crippen molar-refractivity contribution < 1.29 is 9.59 Å². The fourth-order valence-corrected chi connectivity index (χ4v) is 3.99. The fraction of sp³-hybridized carbons (Fsp3) is 0.0556. The van der Waals surface area contributed by atoms with Crippen LogP contribution in [0.5, 0.6) is 0 Å². The number of thiocarbonyl (C=S) groups is 1. The van der Waals surface area contributed by atoms with Gasteiger partial charge in [-0.25, -0.2) is 0 Å². The first-order valence-electron chi connectivity index (χ1n) is 7.75. The number of halogens is 2. The number of thiophene rings is 1. The van der Waals surface area contributed by atoms with Crippen molar-refractivity contribution in [2.24, 2.45) is 0 Å². The summed E-state index contributed by atoms with van der Waals surface area (Å²) >= 11 is 18.4. The highest BCUT2D eigenvalue weighted by molar-refractivity contribution is 7.80. The van der Waals surface area contributed by atoms with Crippen LogP contribution in [0, 0.1) is 0 Å². The molecule has 0 unspecified atom stereocenters. The molecule has 0 bridgehead atoms. The molecule has 1 heterocycles. The van der Waals surface area contributed by atoms with Gasteiger partial charge in [0.05, 0.1) is 11.4 Å². The average molecular weight is 438 g/mol. The average Bonchev–Trinajstić information content (AvgIpc) is 2.99. The SMILES string of the molecule is O=C(Cc1ccc(Cl)cc1)NNC(=S)NC(=O)c1sc2ccccc2c1Cl. The minimum atomic E-state index is -0.439. The van der Waals surface area contributed by atoms with Crippen LogP contribution >= 0.6 is 46.8 Å². The molecule has 1 aromatic heterocycles. The molecular weight excluding hydrogens is 425 g/mol. The van der Waals surface area contributed by atoms with Crippen LogP contribution in [-0.4, -0.2) is 16.9 Å². The van der Waals surface area contributed by atoms with E-state index in [1.54, 1.807) is 24.3 Å². The van der Waals surface area contributed by atoms with Crippen molar-refractivity contribution in [3.63, 3.8) is 0 Å². The van der Waals surface area contributed by atoms with Crippen LogP contribution in [0.2, 0.25) is 10.0 Å². The summed E-state index contributed by atoms with van der Waals surface area (Å²) in [5.41, 5.74) is 5.74. The van der Waals surface area contributed by atoms with E-state index in [0.717, 1.165) is 15.6 Å². The maximum absolute atomic E-state index is 12.4. The van der Waals surface area contributed by atoms with E-state index in [9.17, 15) is 9.59 Å². The van der Waals surface area contributed by atoms with Crippen molar-refractivity contribution in [1.82, 2.24) is 16.2 Å². The molecule has 3 rings (SSSR count). The third-order valence-corrected chi connectivity index (χ3v) is 5.69. The maximum Gasteiger partial charge on any atom is 0.269 e. The van der Waals surface area contributed by atoms with Gasteiger partial charge in [0.25, 0.3) is 5.91 Å². The van der Waals surface area contributed by atoms with Gasteiger partial charge in [0.2, 0.25) is 5.91 Å². The quantitative estimate of drug-likeness (QED) is 0.426. The molecule has 0 aliphatic heterocycles. The molecule has 5 nitrogen and oxygen atoms in total. The molecule has 0 fully saturated rings. The Morgan fingerprint density at radius 1 is 1.00 bits per heavy atom. The van der Waals surface area contributed by atoms with Crippen LogP contribution in [0.3, 0.4) is 0 Å². The fourth-order valence-electron chi connectivity index (χ4n) is 2.31. The van der Waals surface area contributed by atoms with E-state index < -0.39 is 5.91 Å². The molecule has 138 valence electrons. The minimum Gasteiger partial charge on any atom is -0.297 e. The Labute approximate surface area is 174 Å². The molecule has 27 heavy (non-hydrogen) atoms. The number of fused-ring (bicyclic) bond motifs is 1. The molecule has 2 amide bonds. The molecule has 0 saturated heterocycles. The monoisotopic (exact) mass is 437 g/mol. The first kappa shape index (κ1) is 19.6. The topological polar surface area (TPSA) is 70.2 Å². The van der Waals surface area contributed by atoms with E-state index in [-0.39, 0.29) is 17.4 Å². The van der Waals surface area contributed by atoms with Gasteiger partial charge >= 0.3 is 0 Å². The number of hydrogen-bond acceptors (Lipinski definition) is 4. The normalized spacial score (nSPS) is 10.4. The van der Waals surface area contributed by atoms with Crippen LogP contribution in [0.25, 0.3) is 10.1 Å². The third kappa shape index (κ3) is 4.95. The molecule has 2 aromatic carbocycles. The second-order valence-electron chi connectivity index (χ2n) is 5.50. The minimum absolute atomic E-state index is 0.0296. The van der Waals surface area contributed by atoms with E-state index >= 15 is 0 Å². The largest absolute Gasteiger partial charge is 0.297 e. The summed E-state index contributed by atoms with van der Waals surface area (Å²) in [4.78, 5) is 24.7. The number of carbonyl (C=O) groups is 2. The molecule has 9 heteroatoms. The Bertz CT molecular complexity index is 1020. The molecule has 3 aromatic rings. The lowest BCUT2D eigenvalue weighted by Gasteiger charge is -2.10. The van der Waals surface area contributed by atoms with Gasteiger partial charge in [-0.1, -0.05) is 53.5 Å². The van der Waals surface area contributed by atoms with Gasteiger partial charge in [0.1, 0.15) is 4.88 Å². The predicted octanol–water partition coefficient (Wildman–Crippen LogP) is 4.09. The van der Waals surface area contributed by atoms with Crippen molar-refractivity contribution in [1.29, 1.82) is 0 Å². The molecule has 0 radical (unpaired) electrons. The number of nitrogens with one attached hydrogen (secondary N) is 3. The molecule has 0 atom stereocenters. The standard InChI is InChI=1S/C18H13Cl2N3O2S2/c19-11-7-5-10(6-8-11)9-14(24)22-23-18(26)21-17(25)16-15(20)12-3-1-2-4-13(12)27-16/h1-8H,9H2,(H,22,24)(H2,21,23,25,26). The van der Waals surface area contributed by atoms with Crippen LogP contribution in [0.4, 0.5) is 0 Å². The lowest BCUT2D eigenvalue weighted by atomic mass is 10.1. The molecule has 0 spiro atoms. The summed E-state index contributed by atoms with van der Waals surface area (Å²) in [7, 11) is 0.